The summed E-state index contributed by atoms with van der Waals surface area (Å²) in [5, 5.41) is 2.61. The van der Waals surface area contributed by atoms with Gasteiger partial charge in [0.15, 0.2) is 0 Å². The van der Waals surface area contributed by atoms with Crippen molar-refractivity contribution < 1.29 is 9.59 Å². The molecule has 0 aliphatic heterocycles. The minimum absolute atomic E-state index is 0.0120. The molecule has 1 heterocycles. The van der Waals surface area contributed by atoms with Crippen molar-refractivity contribution in [2.75, 3.05) is 11.2 Å². The molecule has 0 radical (unpaired) electrons. The second kappa shape index (κ2) is 8.04. The first-order valence-electron chi connectivity index (χ1n) is 8.33. The van der Waals surface area contributed by atoms with Crippen LogP contribution in [0.5, 0.6) is 0 Å². The fraction of sp³-hybridized carbons (Fsp3) is 0.611. The summed E-state index contributed by atoms with van der Waals surface area (Å²) in [6.07, 6.45) is 1.49. The number of aromatic nitrogens is 1. The van der Waals surface area contributed by atoms with Gasteiger partial charge in [0.05, 0.1) is 11.0 Å². The van der Waals surface area contributed by atoms with Crippen molar-refractivity contribution in [3.05, 3.63) is 28.2 Å². The van der Waals surface area contributed by atoms with E-state index >= 15 is 0 Å². The molecule has 1 N–H and O–H groups in total. The van der Waals surface area contributed by atoms with Crippen molar-refractivity contribution in [3.63, 3.8) is 0 Å². The molecule has 7 heteroatoms. The Morgan fingerprint density at radius 2 is 1.76 bits per heavy atom. The summed E-state index contributed by atoms with van der Waals surface area (Å²) in [6.45, 7) is 11.1. The van der Waals surface area contributed by atoms with Crippen LogP contribution >= 0.6 is 11.6 Å². The van der Waals surface area contributed by atoms with E-state index in [0.29, 0.717) is 5.56 Å². The third-order valence-electron chi connectivity index (χ3n) is 3.97. The van der Waals surface area contributed by atoms with Crippen molar-refractivity contribution in [2.45, 2.75) is 53.6 Å². The van der Waals surface area contributed by atoms with Gasteiger partial charge >= 0.3 is 0 Å². The van der Waals surface area contributed by atoms with Crippen LogP contribution < -0.4 is 10.9 Å². The molecule has 0 aliphatic rings. The van der Waals surface area contributed by atoms with Crippen LogP contribution in [0.4, 0.5) is 5.69 Å². The van der Waals surface area contributed by atoms with Crippen LogP contribution in [0.15, 0.2) is 17.1 Å². The fourth-order valence-corrected chi connectivity index (χ4v) is 2.61. The maximum absolute atomic E-state index is 12.9. The highest BCUT2D eigenvalue weighted by atomic mass is 35.5. The molecule has 0 fully saturated rings. The molecule has 0 unspecified atom stereocenters. The highest BCUT2D eigenvalue weighted by Gasteiger charge is 2.28. The summed E-state index contributed by atoms with van der Waals surface area (Å²) in [6, 6.07) is 1.46. The molecule has 0 saturated heterocycles. The lowest BCUT2D eigenvalue weighted by Crippen LogP contribution is -2.42. The zero-order valence-electron chi connectivity index (χ0n) is 16.0. The highest BCUT2D eigenvalue weighted by molar-refractivity contribution is 6.20. The minimum Gasteiger partial charge on any atom is -0.334 e. The van der Waals surface area contributed by atoms with E-state index in [2.05, 4.69) is 5.32 Å². The molecule has 0 saturated carbocycles. The molecular formula is C18H28ClN3O3. The highest BCUT2D eigenvalue weighted by Crippen LogP contribution is 2.20. The lowest BCUT2D eigenvalue weighted by molar-refractivity contribution is -0.122. The van der Waals surface area contributed by atoms with Crippen molar-refractivity contribution in [3.8, 4) is 0 Å². The van der Waals surface area contributed by atoms with Gasteiger partial charge in [-0.1, -0.05) is 0 Å². The van der Waals surface area contributed by atoms with Gasteiger partial charge in [-0.05, 0) is 47.6 Å². The van der Waals surface area contributed by atoms with Crippen LogP contribution in [-0.2, 0) is 11.8 Å². The number of halogens is 1. The van der Waals surface area contributed by atoms with E-state index in [1.165, 1.54) is 16.8 Å². The number of hydrogen-bond donors (Lipinski definition) is 1. The molecule has 2 amide bonds. The van der Waals surface area contributed by atoms with Gasteiger partial charge in [-0.3, -0.25) is 14.4 Å². The average Bonchev–Trinajstić information content (AvgIpc) is 2.50. The van der Waals surface area contributed by atoms with Crippen molar-refractivity contribution >= 4 is 29.1 Å². The molecular weight excluding hydrogens is 342 g/mol. The monoisotopic (exact) mass is 369 g/mol. The van der Waals surface area contributed by atoms with Gasteiger partial charge in [-0.15, -0.1) is 11.6 Å². The van der Waals surface area contributed by atoms with Crippen molar-refractivity contribution in [1.82, 2.24) is 9.47 Å². The largest absolute Gasteiger partial charge is 0.334 e. The Bertz CT molecular complexity index is 700. The van der Waals surface area contributed by atoms with Gasteiger partial charge in [-0.25, -0.2) is 0 Å². The Morgan fingerprint density at radius 3 is 2.20 bits per heavy atom. The first-order chi connectivity index (χ1) is 11.4. The maximum atomic E-state index is 12.9. The molecule has 0 spiro atoms. The number of anilines is 1. The summed E-state index contributed by atoms with van der Waals surface area (Å²) in [5.74, 6) is -0.437. The zero-order chi connectivity index (χ0) is 19.5. The fourth-order valence-electron chi connectivity index (χ4n) is 2.48. The summed E-state index contributed by atoms with van der Waals surface area (Å²) in [7, 11) is 1.55. The Kier molecular flexibility index (Phi) is 6.82. The Balaban J connectivity index is 3.30. The standard InChI is InChI=1S/C18H28ClN3O3/c1-11(2)22(12(3)4)15(23)13-8-14(16(24)21(7)9-13)20-17(25)18(5,6)10-19/h8-9,11-12H,10H2,1-7H3,(H,20,25). The number of alkyl halides is 1. The smallest absolute Gasteiger partial charge is 0.274 e. The molecule has 1 aromatic rings. The summed E-state index contributed by atoms with van der Waals surface area (Å²) in [4.78, 5) is 39.2. The predicted molar refractivity (Wildman–Crippen MR) is 101 cm³/mol. The molecule has 1 rings (SSSR count). The van der Waals surface area contributed by atoms with Crippen LogP contribution in [0.25, 0.3) is 0 Å². The predicted octanol–water partition coefficient (Wildman–Crippen LogP) is 2.85. The SMILES string of the molecule is CC(C)N(C(=O)c1cc(NC(=O)C(C)(C)CCl)c(=O)n(C)c1)C(C)C. The van der Waals surface area contributed by atoms with E-state index in [1.54, 1.807) is 25.8 Å². The van der Waals surface area contributed by atoms with Gasteiger partial charge in [0.25, 0.3) is 11.5 Å². The summed E-state index contributed by atoms with van der Waals surface area (Å²) < 4.78 is 1.30. The van der Waals surface area contributed by atoms with Crippen LogP contribution in [0.1, 0.15) is 51.9 Å². The number of pyridine rings is 1. The molecule has 0 aliphatic carbocycles. The van der Waals surface area contributed by atoms with Crippen LogP contribution in [0, 0.1) is 5.41 Å². The number of carbonyl (C=O) groups is 2. The van der Waals surface area contributed by atoms with E-state index in [0.717, 1.165) is 0 Å². The first-order valence-corrected chi connectivity index (χ1v) is 8.86. The number of hydrogen-bond acceptors (Lipinski definition) is 3. The number of carbonyl (C=O) groups excluding carboxylic acids is 2. The van der Waals surface area contributed by atoms with Gasteiger partial charge in [0, 0.05) is 31.2 Å². The maximum Gasteiger partial charge on any atom is 0.274 e. The average molecular weight is 370 g/mol. The molecule has 0 aromatic carbocycles. The molecule has 6 nitrogen and oxygen atoms in total. The molecule has 0 atom stereocenters. The number of amides is 2. The van der Waals surface area contributed by atoms with Gasteiger partial charge in [0.2, 0.25) is 5.91 Å². The molecule has 1 aromatic heterocycles. The van der Waals surface area contributed by atoms with E-state index in [1.807, 2.05) is 27.7 Å². The van der Waals surface area contributed by atoms with Crippen molar-refractivity contribution in [2.24, 2.45) is 12.5 Å². The molecule has 0 bridgehead atoms. The van der Waals surface area contributed by atoms with E-state index in [-0.39, 0.29) is 41.0 Å². The third-order valence-corrected chi connectivity index (χ3v) is 4.64. The number of aryl methyl sites for hydroxylation is 1. The second-order valence-electron chi connectivity index (χ2n) is 7.43. The molecule has 140 valence electrons. The normalized spacial score (nSPS) is 11.8. The zero-order valence-corrected chi connectivity index (χ0v) is 16.8. The van der Waals surface area contributed by atoms with Crippen LogP contribution in [0.3, 0.4) is 0 Å². The van der Waals surface area contributed by atoms with E-state index in [4.69, 9.17) is 11.6 Å². The minimum atomic E-state index is -0.825. The lowest BCUT2D eigenvalue weighted by Gasteiger charge is -2.31. The number of rotatable bonds is 6. The first kappa shape index (κ1) is 21.2. The second-order valence-corrected chi connectivity index (χ2v) is 7.70. The molecule has 25 heavy (non-hydrogen) atoms. The number of nitrogens with one attached hydrogen (secondary N) is 1. The Morgan fingerprint density at radius 1 is 1.24 bits per heavy atom. The Labute approximate surface area is 154 Å². The lowest BCUT2D eigenvalue weighted by atomic mass is 9.95. The summed E-state index contributed by atoms with van der Waals surface area (Å²) >= 11 is 5.81. The quantitative estimate of drug-likeness (QED) is 0.784. The third kappa shape index (κ3) is 4.84. The van der Waals surface area contributed by atoms with Gasteiger partial charge in [-0.2, -0.15) is 0 Å². The van der Waals surface area contributed by atoms with Gasteiger partial charge < -0.3 is 14.8 Å². The van der Waals surface area contributed by atoms with Crippen LogP contribution in [0.2, 0.25) is 0 Å². The Hall–Kier alpha value is -1.82. The van der Waals surface area contributed by atoms with E-state index in [9.17, 15) is 14.4 Å². The number of nitrogens with zero attached hydrogens (tertiary/aromatic N) is 2. The topological polar surface area (TPSA) is 71.4 Å². The van der Waals surface area contributed by atoms with E-state index < -0.39 is 5.41 Å². The van der Waals surface area contributed by atoms with Crippen LogP contribution in [-0.4, -0.2) is 39.2 Å². The van der Waals surface area contributed by atoms with Crippen molar-refractivity contribution in [1.29, 1.82) is 0 Å². The summed E-state index contributed by atoms with van der Waals surface area (Å²) in [5.41, 5.74) is -0.780. The van der Waals surface area contributed by atoms with Gasteiger partial charge in [0.1, 0.15) is 5.69 Å².